The van der Waals surface area contributed by atoms with Crippen molar-refractivity contribution in [3.63, 3.8) is 0 Å². The summed E-state index contributed by atoms with van der Waals surface area (Å²) in [6.45, 7) is 3.61. The first-order valence-corrected chi connectivity index (χ1v) is 9.09. The summed E-state index contributed by atoms with van der Waals surface area (Å²) in [4.78, 5) is 23.1. The SMILES string of the molecule is CN(C)c1ccc(CN2CCN(Cc3ccc4c(c3)OCO4)C(=O)C2)cn1. The van der Waals surface area contributed by atoms with Crippen LogP contribution in [0.15, 0.2) is 36.5 Å². The van der Waals surface area contributed by atoms with Gasteiger partial charge in [-0.15, -0.1) is 0 Å². The first kappa shape index (κ1) is 17.6. The molecule has 7 heteroatoms. The van der Waals surface area contributed by atoms with Crippen LogP contribution in [0, 0.1) is 0 Å². The fraction of sp³-hybridized carbons (Fsp3) is 0.400. The van der Waals surface area contributed by atoms with Gasteiger partial charge < -0.3 is 19.3 Å². The largest absolute Gasteiger partial charge is 0.454 e. The number of ether oxygens (including phenoxy) is 2. The Bertz CT molecular complexity index is 822. The third-order valence-corrected chi connectivity index (χ3v) is 4.88. The lowest BCUT2D eigenvalue weighted by Gasteiger charge is -2.34. The second-order valence-corrected chi connectivity index (χ2v) is 7.13. The summed E-state index contributed by atoms with van der Waals surface area (Å²) >= 11 is 0. The average molecular weight is 368 g/mol. The van der Waals surface area contributed by atoms with Gasteiger partial charge in [-0.2, -0.15) is 0 Å². The highest BCUT2D eigenvalue weighted by atomic mass is 16.7. The van der Waals surface area contributed by atoms with E-state index >= 15 is 0 Å². The number of carbonyl (C=O) groups excluding carboxylic acids is 1. The van der Waals surface area contributed by atoms with Crippen LogP contribution in [0.2, 0.25) is 0 Å². The van der Waals surface area contributed by atoms with Crippen molar-refractivity contribution in [2.75, 3.05) is 45.4 Å². The van der Waals surface area contributed by atoms with E-state index in [0.717, 1.165) is 48.1 Å². The van der Waals surface area contributed by atoms with Gasteiger partial charge in [0.1, 0.15) is 5.82 Å². The molecule has 142 valence electrons. The number of piperazine rings is 1. The van der Waals surface area contributed by atoms with Crippen molar-refractivity contribution in [3.05, 3.63) is 47.7 Å². The number of hydrogen-bond donors (Lipinski definition) is 0. The fourth-order valence-corrected chi connectivity index (χ4v) is 3.35. The zero-order valence-electron chi connectivity index (χ0n) is 15.7. The number of benzene rings is 1. The molecule has 2 aliphatic rings. The van der Waals surface area contributed by atoms with E-state index in [1.54, 1.807) is 0 Å². The highest BCUT2D eigenvalue weighted by Crippen LogP contribution is 2.32. The van der Waals surface area contributed by atoms with Crippen LogP contribution in [0.3, 0.4) is 0 Å². The summed E-state index contributed by atoms with van der Waals surface area (Å²) < 4.78 is 10.8. The molecule has 7 nitrogen and oxygen atoms in total. The monoisotopic (exact) mass is 368 g/mol. The van der Waals surface area contributed by atoms with E-state index < -0.39 is 0 Å². The number of carbonyl (C=O) groups is 1. The molecule has 1 saturated heterocycles. The molecule has 1 fully saturated rings. The van der Waals surface area contributed by atoms with Crippen molar-refractivity contribution in [1.82, 2.24) is 14.8 Å². The third-order valence-electron chi connectivity index (χ3n) is 4.88. The normalized spacial score (nSPS) is 16.7. The Balaban J connectivity index is 1.33. The topological polar surface area (TPSA) is 58.1 Å². The zero-order chi connectivity index (χ0) is 18.8. The van der Waals surface area contributed by atoms with Crippen molar-refractivity contribution in [2.24, 2.45) is 0 Å². The molecule has 0 aliphatic carbocycles. The number of amides is 1. The summed E-state index contributed by atoms with van der Waals surface area (Å²) in [6, 6.07) is 9.94. The van der Waals surface area contributed by atoms with Crippen molar-refractivity contribution in [2.45, 2.75) is 13.1 Å². The van der Waals surface area contributed by atoms with Crippen molar-refractivity contribution in [1.29, 1.82) is 0 Å². The van der Waals surface area contributed by atoms with Crippen LogP contribution < -0.4 is 14.4 Å². The van der Waals surface area contributed by atoms with E-state index in [-0.39, 0.29) is 12.7 Å². The lowest BCUT2D eigenvalue weighted by molar-refractivity contribution is -0.136. The maximum absolute atomic E-state index is 12.6. The molecule has 0 radical (unpaired) electrons. The van der Waals surface area contributed by atoms with Crippen LogP contribution in [0.4, 0.5) is 5.82 Å². The van der Waals surface area contributed by atoms with E-state index in [2.05, 4.69) is 16.0 Å². The van der Waals surface area contributed by atoms with Gasteiger partial charge in [0, 0.05) is 46.5 Å². The van der Waals surface area contributed by atoms with Crippen LogP contribution >= 0.6 is 0 Å². The first-order valence-electron chi connectivity index (χ1n) is 9.09. The Hall–Kier alpha value is -2.80. The van der Waals surface area contributed by atoms with Crippen molar-refractivity contribution >= 4 is 11.7 Å². The van der Waals surface area contributed by atoms with Crippen molar-refractivity contribution in [3.8, 4) is 11.5 Å². The molecule has 0 spiro atoms. The lowest BCUT2D eigenvalue weighted by atomic mass is 10.1. The Morgan fingerprint density at radius 2 is 1.85 bits per heavy atom. The molecule has 1 aromatic heterocycles. The van der Waals surface area contributed by atoms with Gasteiger partial charge in [-0.1, -0.05) is 12.1 Å². The van der Waals surface area contributed by atoms with E-state index in [9.17, 15) is 4.79 Å². The van der Waals surface area contributed by atoms with E-state index in [4.69, 9.17) is 9.47 Å². The van der Waals surface area contributed by atoms with E-state index in [1.165, 1.54) is 0 Å². The molecule has 0 unspecified atom stereocenters. The van der Waals surface area contributed by atoms with Gasteiger partial charge in [-0.25, -0.2) is 4.98 Å². The molecule has 4 rings (SSSR count). The predicted octanol–water partition coefficient (Wildman–Crippen LogP) is 1.72. The molecule has 0 atom stereocenters. The van der Waals surface area contributed by atoms with Gasteiger partial charge in [-0.3, -0.25) is 9.69 Å². The van der Waals surface area contributed by atoms with Gasteiger partial charge in [-0.05, 0) is 29.3 Å². The maximum Gasteiger partial charge on any atom is 0.237 e. The number of nitrogens with zero attached hydrogens (tertiary/aromatic N) is 4. The van der Waals surface area contributed by atoms with E-state index in [0.29, 0.717) is 13.1 Å². The van der Waals surface area contributed by atoms with E-state index in [1.807, 2.05) is 54.4 Å². The van der Waals surface area contributed by atoms with Crippen molar-refractivity contribution < 1.29 is 14.3 Å². The fourth-order valence-electron chi connectivity index (χ4n) is 3.35. The van der Waals surface area contributed by atoms with Gasteiger partial charge in [0.25, 0.3) is 0 Å². The summed E-state index contributed by atoms with van der Waals surface area (Å²) in [5.74, 6) is 2.61. The lowest BCUT2D eigenvalue weighted by Crippen LogP contribution is -2.49. The third kappa shape index (κ3) is 3.98. The average Bonchev–Trinajstić information content (AvgIpc) is 3.12. The second kappa shape index (κ2) is 7.44. The van der Waals surface area contributed by atoms with Gasteiger partial charge >= 0.3 is 0 Å². The Morgan fingerprint density at radius 3 is 2.59 bits per heavy atom. The Labute approximate surface area is 159 Å². The van der Waals surface area contributed by atoms with Crippen LogP contribution in [0.25, 0.3) is 0 Å². The standard InChI is InChI=1S/C20H24N4O3/c1-22(2)19-6-4-16(10-21-19)11-23-7-8-24(20(25)13-23)12-15-3-5-17-18(9-15)27-14-26-17/h3-6,9-10H,7-8,11-14H2,1-2H3. The van der Waals surface area contributed by atoms with Gasteiger partial charge in [0.2, 0.25) is 12.7 Å². The number of aromatic nitrogens is 1. The molecule has 0 saturated carbocycles. The summed E-state index contributed by atoms with van der Waals surface area (Å²) in [7, 11) is 3.94. The molecule has 2 aromatic rings. The quantitative estimate of drug-likeness (QED) is 0.801. The molecule has 1 aromatic carbocycles. The molecule has 1 amide bonds. The smallest absolute Gasteiger partial charge is 0.237 e. The first-order chi connectivity index (χ1) is 13.1. The Kier molecular flexibility index (Phi) is 4.85. The number of pyridine rings is 1. The molecular weight excluding hydrogens is 344 g/mol. The maximum atomic E-state index is 12.6. The summed E-state index contributed by atoms with van der Waals surface area (Å²) in [6.07, 6.45) is 1.89. The highest BCUT2D eigenvalue weighted by Gasteiger charge is 2.24. The highest BCUT2D eigenvalue weighted by molar-refractivity contribution is 5.79. The minimum absolute atomic E-state index is 0.150. The number of rotatable bonds is 5. The molecule has 0 N–H and O–H groups in total. The zero-order valence-corrected chi connectivity index (χ0v) is 15.7. The second-order valence-electron chi connectivity index (χ2n) is 7.13. The number of anilines is 1. The van der Waals surface area contributed by atoms with Gasteiger partial charge in [0.15, 0.2) is 11.5 Å². The predicted molar refractivity (Wildman–Crippen MR) is 102 cm³/mol. The molecular formula is C20H24N4O3. The minimum atomic E-state index is 0.150. The molecule has 27 heavy (non-hydrogen) atoms. The number of fused-ring (bicyclic) bond motifs is 1. The van der Waals surface area contributed by atoms with Crippen LogP contribution in [-0.4, -0.2) is 61.2 Å². The summed E-state index contributed by atoms with van der Waals surface area (Å²) in [5.41, 5.74) is 2.18. The minimum Gasteiger partial charge on any atom is -0.454 e. The number of hydrogen-bond acceptors (Lipinski definition) is 6. The van der Waals surface area contributed by atoms with Crippen LogP contribution in [0.1, 0.15) is 11.1 Å². The summed E-state index contributed by atoms with van der Waals surface area (Å²) in [5, 5.41) is 0. The van der Waals surface area contributed by atoms with Crippen LogP contribution in [0.5, 0.6) is 11.5 Å². The Morgan fingerprint density at radius 1 is 1.04 bits per heavy atom. The van der Waals surface area contributed by atoms with Gasteiger partial charge in [0.05, 0.1) is 6.54 Å². The molecule has 2 aliphatic heterocycles. The molecule has 0 bridgehead atoms. The molecule has 3 heterocycles. The van der Waals surface area contributed by atoms with Crippen LogP contribution in [-0.2, 0) is 17.9 Å².